The first-order valence-electron chi connectivity index (χ1n) is 6.30. The van der Waals surface area contributed by atoms with Crippen molar-refractivity contribution in [3.63, 3.8) is 0 Å². The van der Waals surface area contributed by atoms with Crippen LogP contribution in [0.3, 0.4) is 0 Å². The average molecular weight is 210 g/mol. The lowest BCUT2D eigenvalue weighted by molar-refractivity contribution is -0.123. The number of rotatable bonds is 1. The van der Waals surface area contributed by atoms with E-state index >= 15 is 0 Å². The van der Waals surface area contributed by atoms with Crippen LogP contribution in [0.4, 0.5) is 0 Å². The highest BCUT2D eigenvalue weighted by molar-refractivity contribution is 5.81. The van der Waals surface area contributed by atoms with Gasteiger partial charge in [-0.25, -0.2) is 0 Å². The summed E-state index contributed by atoms with van der Waals surface area (Å²) in [5.41, 5.74) is 0. The maximum Gasteiger partial charge on any atom is 0.133 e. The summed E-state index contributed by atoms with van der Waals surface area (Å²) in [5.74, 6) is 0.282. The van der Waals surface area contributed by atoms with Gasteiger partial charge in [0, 0.05) is 18.8 Å². The van der Waals surface area contributed by atoms with Gasteiger partial charge in [0.25, 0.3) is 0 Å². The molecule has 0 aromatic carbocycles. The molecule has 1 atom stereocenters. The van der Waals surface area contributed by atoms with Crippen LogP contribution in [0.1, 0.15) is 64.2 Å². The zero-order valence-corrected chi connectivity index (χ0v) is 9.54. The summed E-state index contributed by atoms with van der Waals surface area (Å²) in [7, 11) is 0. The van der Waals surface area contributed by atoms with E-state index in [2.05, 4.69) is 0 Å². The van der Waals surface area contributed by atoms with Gasteiger partial charge in [-0.05, 0) is 12.8 Å². The third-order valence-electron chi connectivity index (χ3n) is 3.21. The van der Waals surface area contributed by atoms with Crippen molar-refractivity contribution >= 4 is 12.1 Å². The van der Waals surface area contributed by atoms with Gasteiger partial charge in [0.1, 0.15) is 12.1 Å². The molecule has 0 spiro atoms. The number of hydrogen-bond donors (Lipinski definition) is 0. The lowest BCUT2D eigenvalue weighted by Gasteiger charge is -2.10. The Bertz CT molecular complexity index is 199. The van der Waals surface area contributed by atoms with Crippen LogP contribution in [-0.2, 0) is 9.59 Å². The number of carbonyl (C=O) groups is 2. The molecule has 0 N–H and O–H groups in total. The molecule has 0 aromatic heterocycles. The molecular formula is C13H22O2. The van der Waals surface area contributed by atoms with E-state index in [-0.39, 0.29) is 11.7 Å². The molecule has 86 valence electrons. The molecule has 1 saturated carbocycles. The van der Waals surface area contributed by atoms with E-state index in [1.165, 1.54) is 32.1 Å². The molecule has 0 heterocycles. The van der Waals surface area contributed by atoms with Gasteiger partial charge in [-0.3, -0.25) is 4.79 Å². The first kappa shape index (κ1) is 12.4. The molecule has 0 aliphatic heterocycles. The zero-order chi connectivity index (χ0) is 10.9. The third kappa shape index (κ3) is 5.71. The molecule has 0 radical (unpaired) electrons. The van der Waals surface area contributed by atoms with Crippen molar-refractivity contribution < 1.29 is 9.59 Å². The highest BCUT2D eigenvalue weighted by Gasteiger charge is 2.13. The fourth-order valence-electron chi connectivity index (χ4n) is 2.23. The SMILES string of the molecule is O=CC1CCCCCCCCCC(=O)C1. The van der Waals surface area contributed by atoms with Crippen LogP contribution >= 0.6 is 0 Å². The van der Waals surface area contributed by atoms with Crippen LogP contribution in [0.15, 0.2) is 0 Å². The summed E-state index contributed by atoms with van der Waals surface area (Å²) < 4.78 is 0. The van der Waals surface area contributed by atoms with E-state index in [1.54, 1.807) is 0 Å². The second kappa shape index (κ2) is 7.61. The molecule has 2 nitrogen and oxygen atoms in total. The quantitative estimate of drug-likeness (QED) is 0.622. The Hall–Kier alpha value is -0.660. The maximum absolute atomic E-state index is 11.5. The number of Topliss-reactive ketones (excluding diaryl/α,β-unsaturated/α-hetero) is 1. The van der Waals surface area contributed by atoms with Gasteiger partial charge in [-0.2, -0.15) is 0 Å². The Morgan fingerprint density at radius 3 is 2.20 bits per heavy atom. The van der Waals surface area contributed by atoms with Crippen LogP contribution in [-0.4, -0.2) is 12.1 Å². The molecule has 15 heavy (non-hydrogen) atoms. The van der Waals surface area contributed by atoms with Crippen molar-refractivity contribution in [2.45, 2.75) is 64.2 Å². The van der Waals surface area contributed by atoms with Crippen molar-refractivity contribution in [3.8, 4) is 0 Å². The number of carbonyl (C=O) groups excluding carboxylic acids is 2. The largest absolute Gasteiger partial charge is 0.303 e. The predicted molar refractivity (Wildman–Crippen MR) is 60.7 cm³/mol. The van der Waals surface area contributed by atoms with Crippen molar-refractivity contribution in [3.05, 3.63) is 0 Å². The highest BCUT2D eigenvalue weighted by atomic mass is 16.1. The van der Waals surface area contributed by atoms with Crippen LogP contribution < -0.4 is 0 Å². The van der Waals surface area contributed by atoms with Crippen molar-refractivity contribution in [2.75, 3.05) is 0 Å². The van der Waals surface area contributed by atoms with Gasteiger partial charge in [0.15, 0.2) is 0 Å². The Morgan fingerprint density at radius 1 is 0.933 bits per heavy atom. The molecule has 0 bridgehead atoms. The molecule has 0 aromatic rings. The third-order valence-corrected chi connectivity index (χ3v) is 3.21. The van der Waals surface area contributed by atoms with E-state index in [0.717, 1.165) is 25.5 Å². The fourth-order valence-corrected chi connectivity index (χ4v) is 2.23. The minimum absolute atomic E-state index is 0.00285. The number of hydrogen-bond acceptors (Lipinski definition) is 2. The minimum Gasteiger partial charge on any atom is -0.303 e. The van der Waals surface area contributed by atoms with Crippen LogP contribution in [0.2, 0.25) is 0 Å². The van der Waals surface area contributed by atoms with Crippen molar-refractivity contribution in [2.24, 2.45) is 5.92 Å². The van der Waals surface area contributed by atoms with E-state index in [0.29, 0.717) is 12.8 Å². The van der Waals surface area contributed by atoms with Gasteiger partial charge in [-0.1, -0.05) is 38.5 Å². The lowest BCUT2D eigenvalue weighted by atomic mass is 9.93. The minimum atomic E-state index is -0.00285. The summed E-state index contributed by atoms with van der Waals surface area (Å²) in [6, 6.07) is 0. The first-order valence-corrected chi connectivity index (χ1v) is 6.30. The number of aldehydes is 1. The van der Waals surface area contributed by atoms with Gasteiger partial charge in [-0.15, -0.1) is 0 Å². The van der Waals surface area contributed by atoms with Gasteiger partial charge in [0.2, 0.25) is 0 Å². The Morgan fingerprint density at radius 2 is 1.53 bits per heavy atom. The summed E-state index contributed by atoms with van der Waals surface area (Å²) in [4.78, 5) is 22.3. The molecule has 0 saturated heterocycles. The van der Waals surface area contributed by atoms with Crippen LogP contribution in [0.5, 0.6) is 0 Å². The van der Waals surface area contributed by atoms with E-state index in [4.69, 9.17) is 0 Å². The Balaban J connectivity index is 2.35. The number of ketones is 1. The smallest absolute Gasteiger partial charge is 0.133 e. The maximum atomic E-state index is 11.5. The van der Waals surface area contributed by atoms with Gasteiger partial charge >= 0.3 is 0 Å². The van der Waals surface area contributed by atoms with Crippen molar-refractivity contribution in [1.29, 1.82) is 0 Å². The zero-order valence-electron chi connectivity index (χ0n) is 9.54. The first-order chi connectivity index (χ1) is 7.33. The van der Waals surface area contributed by atoms with Crippen molar-refractivity contribution in [1.82, 2.24) is 0 Å². The normalized spacial score (nSPS) is 26.4. The summed E-state index contributed by atoms with van der Waals surface area (Å²) >= 11 is 0. The summed E-state index contributed by atoms with van der Waals surface area (Å²) in [5, 5.41) is 0. The molecule has 0 amide bonds. The van der Waals surface area contributed by atoms with E-state index in [9.17, 15) is 9.59 Å². The highest BCUT2D eigenvalue weighted by Crippen LogP contribution is 2.17. The molecule has 1 fully saturated rings. The Labute approximate surface area is 92.4 Å². The standard InChI is InChI=1S/C13H22O2/c14-11-12-8-6-4-2-1-3-5-7-9-13(15)10-12/h11-12H,1-10H2. The van der Waals surface area contributed by atoms with Crippen LogP contribution in [0.25, 0.3) is 0 Å². The summed E-state index contributed by atoms with van der Waals surface area (Å²) in [6.07, 6.45) is 11.4. The average Bonchev–Trinajstić information content (AvgIpc) is 2.22. The van der Waals surface area contributed by atoms with Gasteiger partial charge in [0.05, 0.1) is 0 Å². The molecular weight excluding hydrogens is 188 g/mol. The second-order valence-electron chi connectivity index (χ2n) is 4.65. The summed E-state index contributed by atoms with van der Waals surface area (Å²) in [6.45, 7) is 0. The Kier molecular flexibility index (Phi) is 6.29. The van der Waals surface area contributed by atoms with E-state index in [1.807, 2.05) is 0 Å². The molecule has 1 aliphatic carbocycles. The van der Waals surface area contributed by atoms with E-state index < -0.39 is 0 Å². The second-order valence-corrected chi connectivity index (χ2v) is 4.65. The molecule has 2 heteroatoms. The molecule has 1 unspecified atom stereocenters. The lowest BCUT2D eigenvalue weighted by Crippen LogP contribution is -2.10. The van der Waals surface area contributed by atoms with Gasteiger partial charge < -0.3 is 4.79 Å². The predicted octanol–water partition coefficient (Wildman–Crippen LogP) is 3.29. The topological polar surface area (TPSA) is 34.1 Å². The molecule has 1 rings (SSSR count). The fraction of sp³-hybridized carbons (Fsp3) is 0.846. The molecule has 1 aliphatic rings. The van der Waals surface area contributed by atoms with Crippen LogP contribution in [0, 0.1) is 5.92 Å². The monoisotopic (exact) mass is 210 g/mol.